The number of alkyl halides is 1. The van der Waals surface area contributed by atoms with Gasteiger partial charge in [-0.15, -0.1) is 0 Å². The Labute approximate surface area is 315 Å². The van der Waals surface area contributed by atoms with Crippen LogP contribution in [0.3, 0.4) is 0 Å². The van der Waals surface area contributed by atoms with Gasteiger partial charge in [0.05, 0.1) is 37.0 Å². The summed E-state index contributed by atoms with van der Waals surface area (Å²) in [5.41, 5.74) is 2.85. The van der Waals surface area contributed by atoms with Crippen molar-refractivity contribution in [1.82, 2.24) is 0 Å². The molecule has 6 atom stereocenters. The van der Waals surface area contributed by atoms with Crippen molar-refractivity contribution in [1.29, 1.82) is 0 Å². The van der Waals surface area contributed by atoms with Crippen LogP contribution in [-0.2, 0) is 48.2 Å². The van der Waals surface area contributed by atoms with E-state index in [1.807, 2.05) is 60.7 Å². The number of hydrogen-bond donors (Lipinski definition) is 0. The molecular weight excluding hydrogens is 759 g/mol. The summed E-state index contributed by atoms with van der Waals surface area (Å²) in [7, 11) is 0. The standard InChI is InChI=1S/C42H49IO6S/c1-42(31-43,48-35-23-13-5-14-24-35)49-40-39(46-29-34-21-11-4-12-22-34)38(45-28-33-19-9-3-10-20-33)37(30-44-27-32-17-7-2-8-18-32)47-41(40)50-36-25-15-6-16-26-36/h2-4,6-12,15-22,25-26,35,37-41H,5,13-14,23-24,27-31H2,1H3/t37-,38-,39+,40+,41+,42?/m1/s1. The SMILES string of the molecule is CC(CI)(OC1CCCCC1)O[C@H]1[C@@H](OCc2ccccc2)[C@H](OCc2ccccc2)[C@@H](COCc2ccccc2)O[C@H]1Sc1ccccc1. The predicted octanol–water partition coefficient (Wildman–Crippen LogP) is 9.78. The van der Waals surface area contributed by atoms with Crippen LogP contribution >= 0.6 is 34.4 Å². The van der Waals surface area contributed by atoms with E-state index in [4.69, 9.17) is 28.4 Å². The number of hydrogen-bond acceptors (Lipinski definition) is 7. The summed E-state index contributed by atoms with van der Waals surface area (Å²) in [5, 5.41) is 0. The number of rotatable bonds is 17. The maximum absolute atomic E-state index is 7.20. The first-order valence-corrected chi connectivity index (χ1v) is 20.2. The van der Waals surface area contributed by atoms with Gasteiger partial charge in [0.15, 0.2) is 5.79 Å². The van der Waals surface area contributed by atoms with Gasteiger partial charge in [0.25, 0.3) is 0 Å². The highest BCUT2D eigenvalue weighted by molar-refractivity contribution is 14.1. The zero-order valence-corrected chi connectivity index (χ0v) is 31.8. The number of benzene rings is 4. The van der Waals surface area contributed by atoms with Crippen LogP contribution < -0.4 is 0 Å². The number of ether oxygens (including phenoxy) is 6. The van der Waals surface area contributed by atoms with E-state index in [2.05, 4.69) is 90.2 Å². The Kier molecular flexibility index (Phi) is 14.6. The zero-order valence-electron chi connectivity index (χ0n) is 28.8. The molecular formula is C42H49IO6S. The van der Waals surface area contributed by atoms with Crippen molar-refractivity contribution in [3.05, 3.63) is 138 Å². The highest BCUT2D eigenvalue weighted by atomic mass is 127. The lowest BCUT2D eigenvalue weighted by atomic mass is 9.97. The summed E-state index contributed by atoms with van der Waals surface area (Å²) in [6.07, 6.45) is 3.99. The van der Waals surface area contributed by atoms with Gasteiger partial charge < -0.3 is 28.4 Å². The Balaban J connectivity index is 1.33. The van der Waals surface area contributed by atoms with Gasteiger partial charge in [-0.05, 0) is 48.6 Å². The molecule has 50 heavy (non-hydrogen) atoms. The van der Waals surface area contributed by atoms with Crippen LogP contribution in [0, 0.1) is 0 Å². The zero-order chi connectivity index (χ0) is 34.4. The first kappa shape index (κ1) is 37.5. The van der Waals surface area contributed by atoms with Crippen LogP contribution in [0.1, 0.15) is 55.7 Å². The molecule has 1 saturated carbocycles. The van der Waals surface area contributed by atoms with Gasteiger partial charge in [0.1, 0.15) is 29.9 Å². The van der Waals surface area contributed by atoms with Crippen molar-refractivity contribution in [2.75, 3.05) is 11.0 Å². The molecule has 0 spiro atoms. The van der Waals surface area contributed by atoms with E-state index in [0.29, 0.717) is 30.9 Å². The summed E-state index contributed by atoms with van der Waals surface area (Å²) in [6, 6.07) is 41.1. The van der Waals surface area contributed by atoms with Crippen LogP contribution in [0.25, 0.3) is 0 Å². The molecule has 0 bridgehead atoms. The highest BCUT2D eigenvalue weighted by Gasteiger charge is 2.51. The smallest absolute Gasteiger partial charge is 0.175 e. The maximum atomic E-state index is 7.20. The van der Waals surface area contributed by atoms with Gasteiger partial charge in [-0.25, -0.2) is 0 Å². The van der Waals surface area contributed by atoms with Crippen molar-refractivity contribution in [3.8, 4) is 0 Å². The van der Waals surface area contributed by atoms with Crippen molar-refractivity contribution in [3.63, 3.8) is 0 Å². The molecule has 0 amide bonds. The second kappa shape index (κ2) is 19.5. The van der Waals surface area contributed by atoms with Gasteiger partial charge in [0, 0.05) is 4.90 Å². The van der Waals surface area contributed by atoms with Gasteiger partial charge in [0.2, 0.25) is 0 Å². The first-order chi connectivity index (χ1) is 24.6. The molecule has 1 unspecified atom stereocenters. The summed E-state index contributed by atoms with van der Waals surface area (Å²) in [4.78, 5) is 1.09. The van der Waals surface area contributed by atoms with Crippen molar-refractivity contribution in [2.24, 2.45) is 0 Å². The van der Waals surface area contributed by atoms with Gasteiger partial charge in [-0.2, -0.15) is 0 Å². The van der Waals surface area contributed by atoms with Gasteiger partial charge in [-0.1, -0.05) is 163 Å². The van der Waals surface area contributed by atoms with E-state index in [-0.39, 0.29) is 6.10 Å². The maximum Gasteiger partial charge on any atom is 0.175 e. The molecule has 0 N–H and O–H groups in total. The Morgan fingerprint density at radius 3 is 1.72 bits per heavy atom. The summed E-state index contributed by atoms with van der Waals surface area (Å²) in [5.74, 6) is -0.846. The molecule has 4 aromatic carbocycles. The average molecular weight is 809 g/mol. The van der Waals surface area contributed by atoms with Crippen LogP contribution in [0.2, 0.25) is 0 Å². The lowest BCUT2D eigenvalue weighted by molar-refractivity contribution is -0.318. The molecule has 1 aliphatic carbocycles. The Morgan fingerprint density at radius 2 is 1.16 bits per heavy atom. The molecule has 6 nitrogen and oxygen atoms in total. The second-order valence-corrected chi connectivity index (χ2v) is 15.2. The van der Waals surface area contributed by atoms with Crippen LogP contribution in [0.5, 0.6) is 0 Å². The fourth-order valence-corrected chi connectivity index (χ4v) is 8.06. The third-order valence-corrected chi connectivity index (χ3v) is 11.7. The Hall–Kier alpha value is -2.28. The van der Waals surface area contributed by atoms with Crippen LogP contribution in [-0.4, -0.2) is 52.8 Å². The molecule has 1 aliphatic heterocycles. The Bertz CT molecular complexity index is 1510. The van der Waals surface area contributed by atoms with Crippen molar-refractivity contribution in [2.45, 2.75) is 105 Å². The quantitative estimate of drug-likeness (QED) is 0.0599. The van der Waals surface area contributed by atoms with E-state index >= 15 is 0 Å². The molecule has 266 valence electrons. The van der Waals surface area contributed by atoms with Gasteiger partial charge >= 0.3 is 0 Å². The Morgan fingerprint density at radius 1 is 0.640 bits per heavy atom. The second-order valence-electron chi connectivity index (χ2n) is 13.2. The van der Waals surface area contributed by atoms with Crippen LogP contribution in [0.15, 0.2) is 126 Å². The lowest BCUT2D eigenvalue weighted by Gasteiger charge is -2.48. The van der Waals surface area contributed by atoms with E-state index in [1.54, 1.807) is 11.8 Å². The van der Waals surface area contributed by atoms with E-state index in [9.17, 15) is 0 Å². The minimum Gasteiger partial charge on any atom is -0.374 e. The predicted molar refractivity (Wildman–Crippen MR) is 207 cm³/mol. The minimum absolute atomic E-state index is 0.168. The molecule has 1 heterocycles. The molecule has 2 fully saturated rings. The van der Waals surface area contributed by atoms with E-state index in [1.165, 1.54) is 19.3 Å². The highest BCUT2D eigenvalue weighted by Crippen LogP contribution is 2.41. The molecule has 6 rings (SSSR count). The lowest BCUT2D eigenvalue weighted by Crippen LogP contribution is -2.62. The van der Waals surface area contributed by atoms with E-state index in [0.717, 1.165) is 34.4 Å². The van der Waals surface area contributed by atoms with Crippen molar-refractivity contribution < 1.29 is 28.4 Å². The summed E-state index contributed by atoms with van der Waals surface area (Å²) < 4.78 is 41.9. The fraction of sp³-hybridized carbons (Fsp3) is 0.429. The summed E-state index contributed by atoms with van der Waals surface area (Å²) in [6.45, 7) is 3.68. The average Bonchev–Trinajstić information content (AvgIpc) is 3.16. The third-order valence-electron chi connectivity index (χ3n) is 9.15. The minimum atomic E-state index is -0.846. The molecule has 4 aromatic rings. The monoisotopic (exact) mass is 808 g/mol. The van der Waals surface area contributed by atoms with Crippen LogP contribution in [0.4, 0.5) is 0 Å². The molecule has 8 heteroatoms. The molecule has 1 saturated heterocycles. The van der Waals surface area contributed by atoms with Crippen molar-refractivity contribution >= 4 is 34.4 Å². The molecule has 0 aromatic heterocycles. The van der Waals surface area contributed by atoms with E-state index < -0.39 is 35.6 Å². The number of thioether (sulfide) groups is 1. The largest absolute Gasteiger partial charge is 0.374 e. The molecule has 2 aliphatic rings. The summed E-state index contributed by atoms with van der Waals surface area (Å²) >= 11 is 4.04. The van der Waals surface area contributed by atoms with Gasteiger partial charge in [-0.3, -0.25) is 0 Å². The third kappa shape index (κ3) is 11.1. The number of halogens is 1. The normalized spacial score (nSPS) is 24.1. The first-order valence-electron chi connectivity index (χ1n) is 17.8. The fourth-order valence-electron chi connectivity index (χ4n) is 6.57. The molecule has 0 radical (unpaired) electrons. The topological polar surface area (TPSA) is 55.4 Å².